The van der Waals surface area contributed by atoms with Gasteiger partial charge < -0.3 is 4.57 Å². The van der Waals surface area contributed by atoms with Crippen LogP contribution in [-0.4, -0.2) is 4.57 Å². The molecule has 0 radical (unpaired) electrons. The molecule has 4 rings (SSSR count). The zero-order chi connectivity index (χ0) is 18.3. The topological polar surface area (TPSA) is 4.93 Å². The first-order valence-electron chi connectivity index (χ1n) is 8.27. The van der Waals surface area contributed by atoms with Gasteiger partial charge >= 0.3 is 6.18 Å². The second kappa shape index (κ2) is 6.06. The third-order valence-electron chi connectivity index (χ3n) is 4.66. The van der Waals surface area contributed by atoms with Crippen LogP contribution >= 0.6 is 0 Å². The van der Waals surface area contributed by atoms with Gasteiger partial charge in [-0.05, 0) is 29.3 Å². The summed E-state index contributed by atoms with van der Waals surface area (Å²) in [7, 11) is 1.95. The summed E-state index contributed by atoms with van der Waals surface area (Å²) in [4.78, 5) is 0. The standard InChI is InChI=1S/C22H16F3N/c1-26-19-10-6-5-9-18(19)20(15-7-3-2-4-8-15)21(26)16-11-13-17(14-12-16)22(23,24)25/h2-14H,1H3. The van der Waals surface area contributed by atoms with Crippen molar-refractivity contribution in [2.75, 3.05) is 0 Å². The summed E-state index contributed by atoms with van der Waals surface area (Å²) in [5.74, 6) is 0. The molecule has 0 bridgehead atoms. The van der Waals surface area contributed by atoms with Crippen molar-refractivity contribution in [3.63, 3.8) is 0 Å². The maximum atomic E-state index is 12.9. The van der Waals surface area contributed by atoms with Crippen molar-refractivity contribution in [2.45, 2.75) is 6.18 Å². The number of hydrogen-bond donors (Lipinski definition) is 0. The number of hydrogen-bond acceptors (Lipinski definition) is 0. The molecule has 0 aliphatic carbocycles. The van der Waals surface area contributed by atoms with Crippen LogP contribution in [0.4, 0.5) is 13.2 Å². The van der Waals surface area contributed by atoms with E-state index in [-0.39, 0.29) is 0 Å². The van der Waals surface area contributed by atoms with Crippen molar-refractivity contribution in [3.8, 4) is 22.4 Å². The molecule has 0 atom stereocenters. The molecule has 0 amide bonds. The maximum Gasteiger partial charge on any atom is 0.416 e. The summed E-state index contributed by atoms with van der Waals surface area (Å²) in [6, 6.07) is 23.3. The van der Waals surface area contributed by atoms with Crippen LogP contribution in [0.5, 0.6) is 0 Å². The number of nitrogens with zero attached hydrogens (tertiary/aromatic N) is 1. The summed E-state index contributed by atoms with van der Waals surface area (Å²) in [6.07, 6.45) is -4.33. The molecule has 0 saturated carbocycles. The van der Waals surface area contributed by atoms with E-state index in [2.05, 4.69) is 0 Å². The molecule has 0 aliphatic heterocycles. The number of halogens is 3. The van der Waals surface area contributed by atoms with E-state index in [1.807, 2.05) is 66.2 Å². The van der Waals surface area contributed by atoms with Crippen molar-refractivity contribution >= 4 is 10.9 Å². The number of benzene rings is 3. The third kappa shape index (κ3) is 2.68. The lowest BCUT2D eigenvalue weighted by atomic mass is 9.98. The number of rotatable bonds is 2. The molecule has 1 aromatic heterocycles. The van der Waals surface area contributed by atoms with Crippen LogP contribution in [0.2, 0.25) is 0 Å². The summed E-state index contributed by atoms with van der Waals surface area (Å²) < 4.78 is 40.8. The van der Waals surface area contributed by atoms with Gasteiger partial charge in [-0.1, -0.05) is 60.7 Å². The molecule has 0 unspecified atom stereocenters. The highest BCUT2D eigenvalue weighted by Gasteiger charge is 2.30. The van der Waals surface area contributed by atoms with Gasteiger partial charge in [-0.25, -0.2) is 0 Å². The smallest absolute Gasteiger partial charge is 0.343 e. The fourth-order valence-electron chi connectivity index (χ4n) is 3.45. The van der Waals surface area contributed by atoms with Gasteiger partial charge in [-0.15, -0.1) is 0 Å². The van der Waals surface area contributed by atoms with Gasteiger partial charge in [0.1, 0.15) is 0 Å². The van der Waals surface area contributed by atoms with Gasteiger partial charge in [0.05, 0.1) is 11.3 Å². The van der Waals surface area contributed by atoms with Crippen molar-refractivity contribution in [2.24, 2.45) is 7.05 Å². The summed E-state index contributed by atoms with van der Waals surface area (Å²) in [6.45, 7) is 0. The Morgan fingerprint density at radius 3 is 1.96 bits per heavy atom. The van der Waals surface area contributed by atoms with E-state index >= 15 is 0 Å². The van der Waals surface area contributed by atoms with E-state index in [0.29, 0.717) is 0 Å². The lowest BCUT2D eigenvalue weighted by Crippen LogP contribution is -2.04. The molecule has 1 nitrogen and oxygen atoms in total. The van der Waals surface area contributed by atoms with Crippen LogP contribution in [0.15, 0.2) is 78.9 Å². The summed E-state index contributed by atoms with van der Waals surface area (Å²) in [5, 5.41) is 1.08. The van der Waals surface area contributed by atoms with Crippen molar-refractivity contribution in [1.29, 1.82) is 0 Å². The van der Waals surface area contributed by atoms with Gasteiger partial charge in [0.25, 0.3) is 0 Å². The zero-order valence-electron chi connectivity index (χ0n) is 14.1. The first-order chi connectivity index (χ1) is 12.5. The van der Waals surface area contributed by atoms with E-state index in [9.17, 15) is 13.2 Å². The van der Waals surface area contributed by atoms with Gasteiger partial charge in [-0.3, -0.25) is 0 Å². The Kier molecular flexibility index (Phi) is 3.83. The van der Waals surface area contributed by atoms with Crippen LogP contribution in [0.1, 0.15) is 5.56 Å². The fraction of sp³-hybridized carbons (Fsp3) is 0.0909. The Hall–Kier alpha value is -3.01. The first kappa shape index (κ1) is 16.5. The maximum absolute atomic E-state index is 12.9. The minimum Gasteiger partial charge on any atom is -0.343 e. The Morgan fingerprint density at radius 2 is 1.31 bits per heavy atom. The highest BCUT2D eigenvalue weighted by Crippen LogP contribution is 2.41. The normalized spacial score (nSPS) is 11.8. The van der Waals surface area contributed by atoms with Gasteiger partial charge in [0, 0.05) is 23.5 Å². The molecule has 26 heavy (non-hydrogen) atoms. The van der Waals surface area contributed by atoms with Crippen molar-refractivity contribution in [3.05, 3.63) is 84.4 Å². The molecule has 4 heteroatoms. The van der Waals surface area contributed by atoms with Gasteiger partial charge in [0.15, 0.2) is 0 Å². The van der Waals surface area contributed by atoms with Gasteiger partial charge in [-0.2, -0.15) is 13.2 Å². The summed E-state index contributed by atoms with van der Waals surface area (Å²) >= 11 is 0. The summed E-state index contributed by atoms with van der Waals surface area (Å²) in [5.41, 5.74) is 4.15. The molecular formula is C22H16F3N. The van der Waals surface area contributed by atoms with E-state index in [1.54, 1.807) is 12.1 Å². The molecule has 0 fully saturated rings. The number of alkyl halides is 3. The fourth-order valence-corrected chi connectivity index (χ4v) is 3.45. The first-order valence-corrected chi connectivity index (χ1v) is 8.27. The lowest BCUT2D eigenvalue weighted by molar-refractivity contribution is -0.137. The number of fused-ring (bicyclic) bond motifs is 1. The average molecular weight is 351 g/mol. The second-order valence-electron chi connectivity index (χ2n) is 6.24. The monoisotopic (exact) mass is 351 g/mol. The number of para-hydroxylation sites is 1. The molecule has 3 aromatic carbocycles. The number of aromatic nitrogens is 1. The predicted molar refractivity (Wildman–Crippen MR) is 98.8 cm³/mol. The molecule has 1 heterocycles. The molecule has 130 valence electrons. The van der Waals surface area contributed by atoms with Crippen LogP contribution < -0.4 is 0 Å². The molecular weight excluding hydrogens is 335 g/mol. The SMILES string of the molecule is Cn1c(-c2ccc(C(F)(F)F)cc2)c(-c2ccccc2)c2ccccc21. The molecule has 0 aliphatic rings. The van der Waals surface area contributed by atoms with Crippen LogP contribution in [-0.2, 0) is 13.2 Å². The zero-order valence-corrected chi connectivity index (χ0v) is 14.1. The predicted octanol–water partition coefficient (Wildman–Crippen LogP) is 6.53. The van der Waals surface area contributed by atoms with E-state index in [1.165, 1.54) is 0 Å². The lowest BCUT2D eigenvalue weighted by Gasteiger charge is -2.11. The number of aryl methyl sites for hydroxylation is 1. The quantitative estimate of drug-likeness (QED) is 0.387. The largest absolute Gasteiger partial charge is 0.416 e. The Bertz CT molecular complexity index is 1060. The second-order valence-corrected chi connectivity index (χ2v) is 6.24. The highest BCUT2D eigenvalue weighted by atomic mass is 19.4. The van der Waals surface area contributed by atoms with Crippen molar-refractivity contribution in [1.82, 2.24) is 4.57 Å². The van der Waals surface area contributed by atoms with E-state index < -0.39 is 11.7 Å². The molecule has 0 spiro atoms. The van der Waals surface area contributed by atoms with E-state index in [0.717, 1.165) is 45.4 Å². The minimum atomic E-state index is -4.33. The third-order valence-corrected chi connectivity index (χ3v) is 4.66. The Balaban J connectivity index is 1.99. The van der Waals surface area contributed by atoms with Gasteiger partial charge in [0.2, 0.25) is 0 Å². The minimum absolute atomic E-state index is 0.638. The molecule has 0 saturated heterocycles. The van der Waals surface area contributed by atoms with Crippen molar-refractivity contribution < 1.29 is 13.2 Å². The van der Waals surface area contributed by atoms with Crippen LogP contribution in [0.3, 0.4) is 0 Å². The van der Waals surface area contributed by atoms with Crippen LogP contribution in [0, 0.1) is 0 Å². The van der Waals surface area contributed by atoms with E-state index in [4.69, 9.17) is 0 Å². The van der Waals surface area contributed by atoms with Crippen LogP contribution in [0.25, 0.3) is 33.3 Å². The highest BCUT2D eigenvalue weighted by molar-refractivity contribution is 6.04. The molecule has 4 aromatic rings. The average Bonchev–Trinajstić information content (AvgIpc) is 2.95. The Morgan fingerprint density at radius 1 is 0.692 bits per heavy atom. The Labute approximate surface area is 149 Å². The molecule has 0 N–H and O–H groups in total.